The molecule has 0 bridgehead atoms. The number of aryl methyl sites for hydroxylation is 1. The number of benzene rings is 1. The smallest absolute Gasteiger partial charge is 0.335 e. The number of carboxylic acid groups (broad SMARTS) is 1. The van der Waals surface area contributed by atoms with E-state index in [1.807, 2.05) is 46.8 Å². The van der Waals surface area contributed by atoms with Crippen LogP contribution in [0.3, 0.4) is 0 Å². The van der Waals surface area contributed by atoms with Crippen molar-refractivity contribution in [3.8, 4) is 0 Å². The Morgan fingerprint density at radius 3 is 2.20 bits per heavy atom. The monoisotopic (exact) mass is 208 g/mol. The van der Waals surface area contributed by atoms with E-state index in [9.17, 15) is 4.79 Å². The van der Waals surface area contributed by atoms with E-state index in [1.54, 1.807) is 6.07 Å². The third kappa shape index (κ3) is 3.74. The molecule has 0 saturated heterocycles. The molecule has 0 fully saturated rings. The van der Waals surface area contributed by atoms with E-state index in [4.69, 9.17) is 5.11 Å². The largest absolute Gasteiger partial charge is 0.478 e. The molecular formula is C13H20O2. The molecule has 0 aliphatic rings. The van der Waals surface area contributed by atoms with Crippen LogP contribution in [-0.4, -0.2) is 11.1 Å². The molecule has 0 aliphatic heterocycles. The number of rotatable bonds is 2. The highest BCUT2D eigenvalue weighted by Gasteiger charge is 2.11. The van der Waals surface area contributed by atoms with Gasteiger partial charge in [0.2, 0.25) is 0 Å². The predicted octanol–water partition coefficient (Wildman–Crippen LogP) is 3.84. The van der Waals surface area contributed by atoms with Crippen LogP contribution in [0.5, 0.6) is 0 Å². The van der Waals surface area contributed by atoms with E-state index in [0.29, 0.717) is 5.56 Å². The molecule has 0 radical (unpaired) electrons. The fourth-order valence-electron chi connectivity index (χ4n) is 1.36. The Hall–Kier alpha value is -1.31. The minimum absolute atomic E-state index is 0.256. The van der Waals surface area contributed by atoms with E-state index in [0.717, 1.165) is 11.1 Å². The van der Waals surface area contributed by atoms with Crippen molar-refractivity contribution in [2.24, 2.45) is 0 Å². The number of hydrogen-bond acceptors (Lipinski definition) is 1. The summed E-state index contributed by atoms with van der Waals surface area (Å²) in [6.45, 7) is 9.89. The van der Waals surface area contributed by atoms with Gasteiger partial charge in [0.25, 0.3) is 0 Å². The van der Waals surface area contributed by atoms with E-state index in [2.05, 4.69) is 0 Å². The predicted molar refractivity (Wildman–Crippen MR) is 63.6 cm³/mol. The molecule has 0 saturated carbocycles. The highest BCUT2D eigenvalue weighted by molar-refractivity contribution is 5.89. The Labute approximate surface area is 91.9 Å². The standard InChI is InChI=1S/C11H14O2.C2H6/c1-7(2)9-5-4-8(3)6-10(9)11(12)13;1-2/h4-7H,1-3H3,(H,12,13);1-2H3. The van der Waals surface area contributed by atoms with Crippen molar-refractivity contribution < 1.29 is 9.90 Å². The molecule has 84 valence electrons. The van der Waals surface area contributed by atoms with Gasteiger partial charge in [-0.3, -0.25) is 0 Å². The zero-order chi connectivity index (χ0) is 12.0. The maximum atomic E-state index is 10.9. The molecule has 1 rings (SSSR count). The van der Waals surface area contributed by atoms with Crippen molar-refractivity contribution in [2.75, 3.05) is 0 Å². The fourth-order valence-corrected chi connectivity index (χ4v) is 1.36. The lowest BCUT2D eigenvalue weighted by Crippen LogP contribution is -2.04. The summed E-state index contributed by atoms with van der Waals surface area (Å²) in [5.41, 5.74) is 2.31. The van der Waals surface area contributed by atoms with E-state index >= 15 is 0 Å². The van der Waals surface area contributed by atoms with Gasteiger partial charge in [0.05, 0.1) is 5.56 Å². The maximum Gasteiger partial charge on any atom is 0.335 e. The van der Waals surface area contributed by atoms with Crippen LogP contribution in [0, 0.1) is 6.92 Å². The summed E-state index contributed by atoms with van der Waals surface area (Å²) in [6, 6.07) is 5.56. The van der Waals surface area contributed by atoms with Crippen molar-refractivity contribution in [3.63, 3.8) is 0 Å². The summed E-state index contributed by atoms with van der Waals surface area (Å²) in [6.07, 6.45) is 0. The van der Waals surface area contributed by atoms with Gasteiger partial charge in [-0.2, -0.15) is 0 Å². The minimum atomic E-state index is -0.840. The van der Waals surface area contributed by atoms with Gasteiger partial charge in [0, 0.05) is 0 Å². The van der Waals surface area contributed by atoms with Crippen LogP contribution in [0.1, 0.15) is 55.1 Å². The molecule has 0 amide bonds. The number of carbonyl (C=O) groups is 1. The number of hydrogen-bond donors (Lipinski definition) is 1. The van der Waals surface area contributed by atoms with Gasteiger partial charge in [-0.1, -0.05) is 45.4 Å². The lowest BCUT2D eigenvalue weighted by atomic mass is 9.96. The highest BCUT2D eigenvalue weighted by Crippen LogP contribution is 2.20. The summed E-state index contributed by atoms with van der Waals surface area (Å²) in [5.74, 6) is -0.584. The second kappa shape index (κ2) is 6.23. The van der Waals surface area contributed by atoms with Crippen LogP contribution in [0.15, 0.2) is 18.2 Å². The molecule has 0 unspecified atom stereocenters. The van der Waals surface area contributed by atoms with Gasteiger partial charge in [0.15, 0.2) is 0 Å². The topological polar surface area (TPSA) is 37.3 Å². The SMILES string of the molecule is CC.Cc1ccc(C(C)C)c(C(=O)O)c1. The van der Waals surface area contributed by atoms with Crippen molar-refractivity contribution in [2.45, 2.75) is 40.5 Å². The molecule has 1 aromatic carbocycles. The molecule has 0 aliphatic carbocycles. The lowest BCUT2D eigenvalue weighted by Gasteiger charge is -2.09. The Bertz CT molecular complexity index is 327. The van der Waals surface area contributed by atoms with Gasteiger partial charge >= 0.3 is 5.97 Å². The molecule has 0 atom stereocenters. The number of carboxylic acids is 1. The Balaban J connectivity index is 0.000000921. The first-order valence-electron chi connectivity index (χ1n) is 5.36. The van der Waals surface area contributed by atoms with Gasteiger partial charge < -0.3 is 5.11 Å². The van der Waals surface area contributed by atoms with Crippen molar-refractivity contribution in [1.82, 2.24) is 0 Å². The normalized spacial score (nSPS) is 9.47. The van der Waals surface area contributed by atoms with Crippen molar-refractivity contribution in [1.29, 1.82) is 0 Å². The number of aromatic carboxylic acids is 1. The quantitative estimate of drug-likeness (QED) is 0.801. The van der Waals surface area contributed by atoms with Crippen LogP contribution >= 0.6 is 0 Å². The van der Waals surface area contributed by atoms with E-state index < -0.39 is 5.97 Å². The van der Waals surface area contributed by atoms with E-state index in [-0.39, 0.29) is 5.92 Å². The van der Waals surface area contributed by atoms with E-state index in [1.165, 1.54) is 0 Å². The second-order valence-corrected chi connectivity index (χ2v) is 3.55. The first-order chi connectivity index (χ1) is 7.02. The summed E-state index contributed by atoms with van der Waals surface area (Å²) < 4.78 is 0. The van der Waals surface area contributed by atoms with Gasteiger partial charge in [0.1, 0.15) is 0 Å². The zero-order valence-corrected chi connectivity index (χ0v) is 10.2. The first kappa shape index (κ1) is 13.7. The van der Waals surface area contributed by atoms with Crippen molar-refractivity contribution >= 4 is 5.97 Å². The molecule has 0 spiro atoms. The Kier molecular flexibility index (Phi) is 5.68. The lowest BCUT2D eigenvalue weighted by molar-refractivity contribution is 0.0695. The molecule has 1 N–H and O–H groups in total. The average molecular weight is 208 g/mol. The first-order valence-corrected chi connectivity index (χ1v) is 5.36. The molecular weight excluding hydrogens is 188 g/mol. The van der Waals surface area contributed by atoms with Crippen LogP contribution in [-0.2, 0) is 0 Å². The summed E-state index contributed by atoms with van der Waals surface area (Å²) in [5, 5.41) is 8.94. The third-order valence-corrected chi connectivity index (χ3v) is 2.06. The Morgan fingerprint density at radius 2 is 1.80 bits per heavy atom. The van der Waals surface area contributed by atoms with Crippen LogP contribution in [0.4, 0.5) is 0 Å². The molecule has 2 heteroatoms. The van der Waals surface area contributed by atoms with Crippen LogP contribution in [0.2, 0.25) is 0 Å². The van der Waals surface area contributed by atoms with Crippen LogP contribution < -0.4 is 0 Å². The molecule has 15 heavy (non-hydrogen) atoms. The molecule has 1 aromatic rings. The van der Waals surface area contributed by atoms with Gasteiger partial charge in [-0.15, -0.1) is 0 Å². The maximum absolute atomic E-state index is 10.9. The van der Waals surface area contributed by atoms with Crippen LogP contribution in [0.25, 0.3) is 0 Å². The minimum Gasteiger partial charge on any atom is -0.478 e. The summed E-state index contributed by atoms with van der Waals surface area (Å²) >= 11 is 0. The molecule has 0 heterocycles. The van der Waals surface area contributed by atoms with Gasteiger partial charge in [-0.05, 0) is 24.5 Å². The second-order valence-electron chi connectivity index (χ2n) is 3.55. The summed E-state index contributed by atoms with van der Waals surface area (Å²) in [4.78, 5) is 10.9. The Morgan fingerprint density at radius 1 is 1.27 bits per heavy atom. The average Bonchev–Trinajstić information content (AvgIpc) is 2.20. The molecule has 0 aromatic heterocycles. The zero-order valence-electron chi connectivity index (χ0n) is 10.2. The van der Waals surface area contributed by atoms with Gasteiger partial charge in [-0.25, -0.2) is 4.79 Å². The summed E-state index contributed by atoms with van der Waals surface area (Å²) in [7, 11) is 0. The third-order valence-electron chi connectivity index (χ3n) is 2.06. The van der Waals surface area contributed by atoms with Crippen molar-refractivity contribution in [3.05, 3.63) is 34.9 Å². The molecule has 2 nitrogen and oxygen atoms in total. The fraction of sp³-hybridized carbons (Fsp3) is 0.462. The highest BCUT2D eigenvalue weighted by atomic mass is 16.4.